The average Bonchev–Trinajstić information content (AvgIpc) is 3.27. The van der Waals surface area contributed by atoms with Gasteiger partial charge in [-0.2, -0.15) is 0 Å². The Kier molecular flexibility index (Phi) is 6.28. The van der Waals surface area contributed by atoms with Crippen molar-refractivity contribution in [1.82, 2.24) is 19.7 Å². The van der Waals surface area contributed by atoms with Gasteiger partial charge in [-0.05, 0) is 13.8 Å². The summed E-state index contributed by atoms with van der Waals surface area (Å²) in [6, 6.07) is 10.2. The van der Waals surface area contributed by atoms with Gasteiger partial charge in [-0.15, -0.1) is 21.5 Å². The van der Waals surface area contributed by atoms with Gasteiger partial charge in [0, 0.05) is 22.9 Å². The number of hydrogen-bond acceptors (Lipinski definition) is 6. The van der Waals surface area contributed by atoms with Gasteiger partial charge in [0.1, 0.15) is 5.82 Å². The second kappa shape index (κ2) is 8.67. The lowest BCUT2D eigenvalue weighted by atomic mass is 10.2. The number of aromatic nitrogens is 4. The molecule has 0 aliphatic rings. The molecule has 0 unspecified atom stereocenters. The molecule has 0 aliphatic heterocycles. The van der Waals surface area contributed by atoms with E-state index in [9.17, 15) is 4.79 Å². The number of thiazole rings is 1. The second-order valence-electron chi connectivity index (χ2n) is 6.70. The highest BCUT2D eigenvalue weighted by atomic mass is 32.2. The van der Waals surface area contributed by atoms with E-state index >= 15 is 0 Å². The zero-order valence-electron chi connectivity index (χ0n) is 15.8. The Labute approximate surface area is 167 Å². The average molecular weight is 402 g/mol. The van der Waals surface area contributed by atoms with Gasteiger partial charge in [0.05, 0.1) is 11.4 Å². The summed E-state index contributed by atoms with van der Waals surface area (Å²) in [6.07, 6.45) is 0. The number of carbonyl (C=O) groups excluding carboxylic acids is 1. The zero-order chi connectivity index (χ0) is 19.4. The van der Waals surface area contributed by atoms with Crippen molar-refractivity contribution < 1.29 is 4.79 Å². The number of nitrogens with zero attached hydrogens (tertiary/aromatic N) is 4. The molecule has 27 heavy (non-hydrogen) atoms. The summed E-state index contributed by atoms with van der Waals surface area (Å²) in [5, 5.41) is 14.7. The summed E-state index contributed by atoms with van der Waals surface area (Å²) in [5.74, 6) is 1.40. The van der Waals surface area contributed by atoms with Crippen LogP contribution in [0.4, 0.5) is 5.13 Å². The predicted molar refractivity (Wildman–Crippen MR) is 111 cm³/mol. The molecule has 3 aromatic rings. The third-order valence-electron chi connectivity index (χ3n) is 3.88. The third-order valence-corrected chi connectivity index (χ3v) is 5.58. The van der Waals surface area contributed by atoms with Crippen molar-refractivity contribution in [2.75, 3.05) is 11.1 Å². The van der Waals surface area contributed by atoms with Gasteiger partial charge < -0.3 is 9.88 Å². The van der Waals surface area contributed by atoms with Crippen LogP contribution >= 0.6 is 23.1 Å². The Morgan fingerprint density at radius 3 is 2.59 bits per heavy atom. The fourth-order valence-corrected chi connectivity index (χ4v) is 4.23. The van der Waals surface area contributed by atoms with Crippen LogP contribution in [0.3, 0.4) is 0 Å². The van der Waals surface area contributed by atoms with E-state index in [-0.39, 0.29) is 23.6 Å². The van der Waals surface area contributed by atoms with Crippen LogP contribution in [0.25, 0.3) is 11.3 Å². The number of hydrogen-bond donors (Lipinski definition) is 1. The van der Waals surface area contributed by atoms with Crippen molar-refractivity contribution in [2.24, 2.45) is 0 Å². The van der Waals surface area contributed by atoms with E-state index in [0.717, 1.165) is 22.2 Å². The Hall–Kier alpha value is -2.19. The van der Waals surface area contributed by atoms with Gasteiger partial charge >= 0.3 is 0 Å². The maximum absolute atomic E-state index is 12.3. The minimum atomic E-state index is -0.0987. The van der Waals surface area contributed by atoms with E-state index in [2.05, 4.69) is 52.8 Å². The fraction of sp³-hybridized carbons (Fsp3) is 0.368. The molecule has 0 saturated heterocycles. The zero-order valence-corrected chi connectivity index (χ0v) is 17.5. The molecule has 2 aromatic heterocycles. The number of benzene rings is 1. The molecule has 142 valence electrons. The second-order valence-corrected chi connectivity index (χ2v) is 8.50. The van der Waals surface area contributed by atoms with E-state index in [1.165, 1.54) is 23.1 Å². The smallest absolute Gasteiger partial charge is 0.236 e. The van der Waals surface area contributed by atoms with Crippen molar-refractivity contribution >= 4 is 34.1 Å². The number of carbonyl (C=O) groups is 1. The predicted octanol–water partition coefficient (Wildman–Crippen LogP) is 4.84. The van der Waals surface area contributed by atoms with E-state index < -0.39 is 0 Å². The molecule has 3 rings (SSSR count). The topological polar surface area (TPSA) is 72.7 Å². The molecular weight excluding hydrogens is 378 g/mol. The minimum absolute atomic E-state index is 0.0987. The van der Waals surface area contributed by atoms with Crippen LogP contribution < -0.4 is 5.32 Å². The summed E-state index contributed by atoms with van der Waals surface area (Å²) in [6.45, 7) is 8.38. The van der Waals surface area contributed by atoms with Crippen molar-refractivity contribution in [3.63, 3.8) is 0 Å². The molecule has 0 atom stereocenters. The van der Waals surface area contributed by atoms with Gasteiger partial charge in [-0.25, -0.2) is 4.98 Å². The van der Waals surface area contributed by atoms with Gasteiger partial charge in [0.25, 0.3) is 0 Å². The van der Waals surface area contributed by atoms with Crippen molar-refractivity contribution in [3.05, 3.63) is 41.5 Å². The van der Waals surface area contributed by atoms with Gasteiger partial charge in [0.15, 0.2) is 10.3 Å². The molecule has 0 bridgehead atoms. The van der Waals surface area contributed by atoms with Gasteiger partial charge in [-0.3, -0.25) is 4.79 Å². The fourth-order valence-electron chi connectivity index (χ4n) is 2.62. The first-order chi connectivity index (χ1) is 13.0. The van der Waals surface area contributed by atoms with Gasteiger partial charge in [-0.1, -0.05) is 55.9 Å². The summed E-state index contributed by atoms with van der Waals surface area (Å²) < 4.78 is 2.10. The summed E-state index contributed by atoms with van der Waals surface area (Å²) >= 11 is 2.82. The van der Waals surface area contributed by atoms with Crippen LogP contribution in [0, 0.1) is 0 Å². The summed E-state index contributed by atoms with van der Waals surface area (Å²) in [7, 11) is 0. The monoisotopic (exact) mass is 401 g/mol. The largest absolute Gasteiger partial charge is 0.303 e. The van der Waals surface area contributed by atoms with E-state index in [1.807, 2.05) is 35.7 Å². The number of rotatable bonds is 7. The standard InChI is InChI=1S/C19H23N5OS2/c1-12(2)17-22-23-19(24(17)13(3)4)27-11-16(25)21-18-20-15(10-26-18)14-8-6-5-7-9-14/h5-10,12-13H,11H2,1-4H3,(H,20,21,25). The van der Waals surface area contributed by atoms with Crippen molar-refractivity contribution in [1.29, 1.82) is 0 Å². The molecule has 2 heterocycles. The molecule has 0 fully saturated rings. The number of thioether (sulfide) groups is 1. The molecule has 6 nitrogen and oxygen atoms in total. The highest BCUT2D eigenvalue weighted by Gasteiger charge is 2.18. The van der Waals surface area contributed by atoms with Gasteiger partial charge in [0.2, 0.25) is 5.91 Å². The van der Waals surface area contributed by atoms with Crippen molar-refractivity contribution in [3.8, 4) is 11.3 Å². The molecule has 1 amide bonds. The lowest BCUT2D eigenvalue weighted by Gasteiger charge is -2.15. The lowest BCUT2D eigenvalue weighted by Crippen LogP contribution is -2.15. The first-order valence-electron chi connectivity index (χ1n) is 8.84. The van der Waals surface area contributed by atoms with Crippen LogP contribution in [0.2, 0.25) is 0 Å². The Bertz CT molecular complexity index is 902. The summed E-state index contributed by atoms with van der Waals surface area (Å²) in [4.78, 5) is 16.8. The van der Waals surface area contributed by atoms with Crippen molar-refractivity contribution in [2.45, 2.75) is 44.8 Å². The first-order valence-corrected chi connectivity index (χ1v) is 10.7. The maximum Gasteiger partial charge on any atom is 0.236 e. The van der Waals surface area contributed by atoms with E-state index in [4.69, 9.17) is 0 Å². The quantitative estimate of drug-likeness (QED) is 0.574. The molecule has 1 aromatic carbocycles. The Morgan fingerprint density at radius 2 is 1.93 bits per heavy atom. The third kappa shape index (κ3) is 4.75. The molecule has 0 aliphatic carbocycles. The highest BCUT2D eigenvalue weighted by Crippen LogP contribution is 2.27. The van der Waals surface area contributed by atoms with E-state index in [1.54, 1.807) is 0 Å². The Morgan fingerprint density at radius 1 is 1.19 bits per heavy atom. The van der Waals surface area contributed by atoms with E-state index in [0.29, 0.717) is 5.13 Å². The normalized spacial score (nSPS) is 11.3. The van der Waals surface area contributed by atoms with Crippen LogP contribution in [0.15, 0.2) is 40.9 Å². The number of anilines is 1. The lowest BCUT2D eigenvalue weighted by molar-refractivity contribution is -0.113. The molecule has 0 radical (unpaired) electrons. The van der Waals surface area contributed by atoms with Crippen LogP contribution in [-0.4, -0.2) is 31.4 Å². The number of nitrogens with one attached hydrogen (secondary N) is 1. The molecular formula is C19H23N5OS2. The minimum Gasteiger partial charge on any atom is -0.303 e. The molecule has 8 heteroatoms. The molecule has 1 N–H and O–H groups in total. The first kappa shape index (κ1) is 19.6. The molecule has 0 spiro atoms. The summed E-state index contributed by atoms with van der Waals surface area (Å²) in [5.41, 5.74) is 1.90. The SMILES string of the molecule is CC(C)c1nnc(SCC(=O)Nc2nc(-c3ccccc3)cs2)n1C(C)C. The van der Waals surface area contributed by atoms with Crippen LogP contribution in [-0.2, 0) is 4.79 Å². The molecule has 0 saturated carbocycles. The highest BCUT2D eigenvalue weighted by molar-refractivity contribution is 7.99. The Balaban J connectivity index is 1.62. The number of amides is 1. The van der Waals surface area contributed by atoms with Crippen LogP contribution in [0.5, 0.6) is 0 Å². The van der Waals surface area contributed by atoms with Crippen LogP contribution in [0.1, 0.15) is 45.5 Å². The maximum atomic E-state index is 12.3.